The number of rotatable bonds is 4. The predicted molar refractivity (Wildman–Crippen MR) is 76.0 cm³/mol. The lowest BCUT2D eigenvalue weighted by molar-refractivity contribution is 0.431. The maximum Gasteiger partial charge on any atom is 0.134 e. The highest BCUT2D eigenvalue weighted by Crippen LogP contribution is 2.30. The normalized spacial score (nSPS) is 12.7. The molecule has 2 rings (SSSR count). The van der Waals surface area contributed by atoms with E-state index in [9.17, 15) is 0 Å². The van der Waals surface area contributed by atoms with Crippen LogP contribution >= 0.6 is 11.6 Å². The number of hydrogen-bond acceptors (Lipinski definition) is 2. The zero-order chi connectivity index (χ0) is 13.1. The summed E-state index contributed by atoms with van der Waals surface area (Å²) in [7, 11) is 1.95. The van der Waals surface area contributed by atoms with Crippen molar-refractivity contribution >= 4 is 11.6 Å². The number of nitrogens with one attached hydrogen (secondary N) is 1. The van der Waals surface area contributed by atoms with E-state index in [1.807, 2.05) is 44.3 Å². The van der Waals surface area contributed by atoms with Gasteiger partial charge in [0.25, 0.3) is 0 Å². The molecule has 0 aliphatic carbocycles. The predicted octanol–water partition coefficient (Wildman–Crippen LogP) is 4.58. The number of halogens is 1. The number of aryl methyl sites for hydroxylation is 1. The Morgan fingerprint density at radius 1 is 1.28 bits per heavy atom. The molecule has 0 fully saturated rings. The van der Waals surface area contributed by atoms with Crippen LogP contribution in [-0.4, -0.2) is 7.05 Å². The van der Waals surface area contributed by atoms with E-state index in [2.05, 4.69) is 12.2 Å². The quantitative estimate of drug-likeness (QED) is 0.874. The summed E-state index contributed by atoms with van der Waals surface area (Å²) in [6.45, 7) is 4.18. The number of benzene rings is 1. The summed E-state index contributed by atoms with van der Waals surface area (Å²) in [5.41, 5.74) is 2.22. The zero-order valence-electron chi connectivity index (χ0n) is 11.0. The van der Waals surface area contributed by atoms with Gasteiger partial charge in [0, 0.05) is 10.6 Å². The minimum absolute atomic E-state index is 0.270. The average molecular weight is 264 g/mol. The van der Waals surface area contributed by atoms with Crippen molar-refractivity contribution in [3.63, 3.8) is 0 Å². The SMILES string of the molecule is CCC(NC)c1ccc(-c2ccc(Cl)cc2C)o1. The fourth-order valence-electron chi connectivity index (χ4n) is 2.14. The van der Waals surface area contributed by atoms with Gasteiger partial charge in [0.05, 0.1) is 6.04 Å². The summed E-state index contributed by atoms with van der Waals surface area (Å²) < 4.78 is 5.93. The van der Waals surface area contributed by atoms with Gasteiger partial charge in [0.2, 0.25) is 0 Å². The molecular weight excluding hydrogens is 246 g/mol. The highest BCUT2D eigenvalue weighted by molar-refractivity contribution is 6.30. The Morgan fingerprint density at radius 3 is 2.67 bits per heavy atom. The highest BCUT2D eigenvalue weighted by atomic mass is 35.5. The van der Waals surface area contributed by atoms with Crippen LogP contribution in [0, 0.1) is 6.92 Å². The van der Waals surface area contributed by atoms with Crippen LogP contribution in [0.3, 0.4) is 0 Å². The first-order valence-corrected chi connectivity index (χ1v) is 6.57. The van der Waals surface area contributed by atoms with E-state index in [1.54, 1.807) is 0 Å². The Kier molecular flexibility index (Phi) is 4.10. The van der Waals surface area contributed by atoms with E-state index in [4.69, 9.17) is 16.0 Å². The zero-order valence-corrected chi connectivity index (χ0v) is 11.7. The van der Waals surface area contributed by atoms with Gasteiger partial charge in [-0.3, -0.25) is 0 Å². The van der Waals surface area contributed by atoms with Gasteiger partial charge in [-0.15, -0.1) is 0 Å². The summed E-state index contributed by atoms with van der Waals surface area (Å²) >= 11 is 5.96. The molecule has 1 atom stereocenters. The van der Waals surface area contributed by atoms with Crippen molar-refractivity contribution in [2.24, 2.45) is 0 Å². The first kappa shape index (κ1) is 13.2. The fraction of sp³-hybridized carbons (Fsp3) is 0.333. The van der Waals surface area contributed by atoms with Crippen LogP contribution in [0.25, 0.3) is 11.3 Å². The smallest absolute Gasteiger partial charge is 0.134 e. The van der Waals surface area contributed by atoms with Crippen molar-refractivity contribution in [3.05, 3.63) is 46.7 Å². The van der Waals surface area contributed by atoms with Crippen LogP contribution < -0.4 is 5.32 Å². The fourth-order valence-corrected chi connectivity index (χ4v) is 2.36. The largest absolute Gasteiger partial charge is 0.459 e. The molecule has 1 N–H and O–H groups in total. The van der Waals surface area contributed by atoms with Crippen LogP contribution in [0.5, 0.6) is 0 Å². The second-order valence-corrected chi connectivity index (χ2v) is 4.85. The summed E-state index contributed by atoms with van der Waals surface area (Å²) in [6, 6.07) is 10.2. The lowest BCUT2D eigenvalue weighted by Crippen LogP contribution is -2.14. The maximum absolute atomic E-state index is 5.96. The van der Waals surface area contributed by atoms with Gasteiger partial charge >= 0.3 is 0 Å². The van der Waals surface area contributed by atoms with Crippen molar-refractivity contribution in [2.75, 3.05) is 7.05 Å². The third-order valence-electron chi connectivity index (χ3n) is 3.18. The molecule has 2 nitrogen and oxygen atoms in total. The first-order valence-electron chi connectivity index (χ1n) is 6.19. The maximum atomic E-state index is 5.96. The molecule has 0 saturated heterocycles. The van der Waals surface area contributed by atoms with Crippen LogP contribution in [0.15, 0.2) is 34.7 Å². The second kappa shape index (κ2) is 5.59. The lowest BCUT2D eigenvalue weighted by atomic mass is 10.1. The molecule has 0 aliphatic rings. The minimum Gasteiger partial charge on any atom is -0.459 e. The molecule has 1 heterocycles. The van der Waals surface area contributed by atoms with Crippen molar-refractivity contribution < 1.29 is 4.42 Å². The van der Waals surface area contributed by atoms with Gasteiger partial charge in [-0.1, -0.05) is 18.5 Å². The van der Waals surface area contributed by atoms with Gasteiger partial charge in [0.15, 0.2) is 0 Å². The Bertz CT molecular complexity index is 529. The Balaban J connectivity index is 2.34. The van der Waals surface area contributed by atoms with Gasteiger partial charge in [-0.05, 0) is 56.3 Å². The van der Waals surface area contributed by atoms with Crippen LogP contribution in [-0.2, 0) is 0 Å². The Labute approximate surface area is 113 Å². The molecule has 0 amide bonds. The topological polar surface area (TPSA) is 25.2 Å². The average Bonchev–Trinajstić information content (AvgIpc) is 2.80. The number of furan rings is 1. The standard InChI is InChI=1S/C15H18ClNO/c1-4-13(17-3)15-8-7-14(18-15)12-6-5-11(16)9-10(12)2/h5-9,13,17H,4H2,1-3H3. The Morgan fingerprint density at radius 2 is 2.06 bits per heavy atom. The van der Waals surface area contributed by atoms with Gasteiger partial charge < -0.3 is 9.73 Å². The van der Waals surface area contributed by atoms with Crippen molar-refractivity contribution in [1.29, 1.82) is 0 Å². The highest BCUT2D eigenvalue weighted by Gasteiger charge is 2.13. The molecule has 96 valence electrons. The summed E-state index contributed by atoms with van der Waals surface area (Å²) in [5.74, 6) is 1.87. The molecule has 0 bridgehead atoms. The summed E-state index contributed by atoms with van der Waals surface area (Å²) in [6.07, 6.45) is 1.00. The van der Waals surface area contributed by atoms with Crippen molar-refractivity contribution in [3.8, 4) is 11.3 Å². The molecule has 3 heteroatoms. The lowest BCUT2D eigenvalue weighted by Gasteiger charge is -2.10. The summed E-state index contributed by atoms with van der Waals surface area (Å²) in [4.78, 5) is 0. The summed E-state index contributed by atoms with van der Waals surface area (Å²) in [5, 5.41) is 4.00. The van der Waals surface area contributed by atoms with Gasteiger partial charge in [-0.25, -0.2) is 0 Å². The van der Waals surface area contributed by atoms with Crippen LogP contribution in [0.4, 0.5) is 0 Å². The van der Waals surface area contributed by atoms with Gasteiger partial charge in [0.1, 0.15) is 11.5 Å². The molecular formula is C15H18ClNO. The van der Waals surface area contributed by atoms with Crippen molar-refractivity contribution in [2.45, 2.75) is 26.3 Å². The van der Waals surface area contributed by atoms with Crippen molar-refractivity contribution in [1.82, 2.24) is 5.32 Å². The molecule has 1 unspecified atom stereocenters. The van der Waals surface area contributed by atoms with Crippen LogP contribution in [0.2, 0.25) is 5.02 Å². The first-order chi connectivity index (χ1) is 8.65. The molecule has 1 aromatic carbocycles. The van der Waals surface area contributed by atoms with Gasteiger partial charge in [-0.2, -0.15) is 0 Å². The number of hydrogen-bond donors (Lipinski definition) is 1. The third kappa shape index (κ3) is 2.60. The van der Waals surface area contributed by atoms with Crippen LogP contribution in [0.1, 0.15) is 30.7 Å². The van der Waals surface area contributed by atoms with E-state index in [0.29, 0.717) is 0 Å². The monoisotopic (exact) mass is 263 g/mol. The molecule has 0 aliphatic heterocycles. The van der Waals surface area contributed by atoms with E-state index >= 15 is 0 Å². The Hall–Kier alpha value is -1.25. The molecule has 0 radical (unpaired) electrons. The molecule has 18 heavy (non-hydrogen) atoms. The van der Waals surface area contributed by atoms with E-state index < -0.39 is 0 Å². The van der Waals surface area contributed by atoms with E-state index in [0.717, 1.165) is 34.1 Å². The minimum atomic E-state index is 0.270. The van der Waals surface area contributed by atoms with E-state index in [-0.39, 0.29) is 6.04 Å². The molecule has 2 aromatic rings. The molecule has 0 spiro atoms. The molecule has 0 saturated carbocycles. The third-order valence-corrected chi connectivity index (χ3v) is 3.42. The molecule has 1 aromatic heterocycles. The second-order valence-electron chi connectivity index (χ2n) is 4.41. The van der Waals surface area contributed by atoms with E-state index in [1.165, 1.54) is 0 Å².